The van der Waals surface area contributed by atoms with Crippen LogP contribution < -0.4 is 14.2 Å². The lowest BCUT2D eigenvalue weighted by molar-refractivity contribution is 0.353. The van der Waals surface area contributed by atoms with E-state index in [1.165, 1.54) is 0 Å². The minimum absolute atomic E-state index is 0.318. The first kappa shape index (κ1) is 17.0. The summed E-state index contributed by atoms with van der Waals surface area (Å²) in [6.07, 6.45) is 0. The van der Waals surface area contributed by atoms with Crippen LogP contribution in [0.2, 0.25) is 0 Å². The minimum atomic E-state index is 0.318. The van der Waals surface area contributed by atoms with Crippen LogP contribution in [-0.4, -0.2) is 31.5 Å². The van der Waals surface area contributed by atoms with Gasteiger partial charge in [0.2, 0.25) is 5.82 Å². The highest BCUT2D eigenvalue weighted by atomic mass is 16.5. The van der Waals surface area contributed by atoms with Crippen molar-refractivity contribution in [2.75, 3.05) is 21.3 Å². The topological polar surface area (TPSA) is 79.8 Å². The van der Waals surface area contributed by atoms with Crippen LogP contribution >= 0.6 is 0 Å². The maximum Gasteiger partial charge on any atom is 0.262 e. The molecule has 0 aliphatic rings. The average Bonchev–Trinajstić information content (AvgIpc) is 3.31. The number of benzene rings is 2. The molecule has 4 aromatic rings. The molecule has 0 atom stereocenters. The van der Waals surface area contributed by atoms with E-state index in [2.05, 4.69) is 10.1 Å². The maximum atomic E-state index is 5.94. The maximum absolute atomic E-state index is 5.94. The summed E-state index contributed by atoms with van der Waals surface area (Å²) in [5.41, 5.74) is 2.29. The molecule has 0 aliphatic heterocycles. The summed E-state index contributed by atoms with van der Waals surface area (Å²) >= 11 is 0. The van der Waals surface area contributed by atoms with Gasteiger partial charge in [-0.3, -0.25) is 0 Å². The van der Waals surface area contributed by atoms with Gasteiger partial charge in [-0.1, -0.05) is 11.2 Å². The van der Waals surface area contributed by atoms with E-state index >= 15 is 0 Å². The number of hydrogen-bond acceptors (Lipinski definition) is 7. The Hall–Kier alpha value is -3.48. The van der Waals surface area contributed by atoms with Crippen LogP contribution in [0.15, 0.2) is 45.3 Å². The Morgan fingerprint density at radius 2 is 1.81 bits per heavy atom. The number of fused-ring (bicyclic) bond motifs is 1. The largest absolute Gasteiger partial charge is 0.497 e. The summed E-state index contributed by atoms with van der Waals surface area (Å²) in [5.74, 6) is 3.10. The van der Waals surface area contributed by atoms with Crippen molar-refractivity contribution in [3.05, 3.63) is 42.0 Å². The molecular weight excluding hydrogens is 348 g/mol. The first-order valence-electron chi connectivity index (χ1n) is 8.28. The Balaban J connectivity index is 1.80. The van der Waals surface area contributed by atoms with E-state index in [1.54, 1.807) is 27.4 Å². The summed E-state index contributed by atoms with van der Waals surface area (Å²) in [5, 5.41) is 5.02. The highest BCUT2D eigenvalue weighted by Gasteiger charge is 2.21. The van der Waals surface area contributed by atoms with Gasteiger partial charge in [0.15, 0.2) is 17.3 Å². The number of para-hydroxylation sites is 1. The minimum Gasteiger partial charge on any atom is -0.497 e. The van der Waals surface area contributed by atoms with Crippen LogP contribution in [0.3, 0.4) is 0 Å². The average molecular weight is 366 g/mol. The third-order valence-electron chi connectivity index (χ3n) is 4.41. The van der Waals surface area contributed by atoms with Gasteiger partial charge in [-0.25, -0.2) is 0 Å². The van der Waals surface area contributed by atoms with Gasteiger partial charge >= 0.3 is 0 Å². The SMILES string of the molecule is COc1ccc2oc(-c3noc(-c4cccc(OC)c4OC)n3)c(C)c2c1. The summed E-state index contributed by atoms with van der Waals surface area (Å²) < 4.78 is 27.5. The molecule has 7 heteroatoms. The number of nitrogens with zero attached hydrogens (tertiary/aromatic N) is 2. The van der Waals surface area contributed by atoms with Crippen molar-refractivity contribution in [1.82, 2.24) is 10.1 Å². The second-order valence-electron chi connectivity index (χ2n) is 5.88. The molecule has 7 nitrogen and oxygen atoms in total. The Bertz CT molecular complexity index is 1110. The Labute approximate surface area is 155 Å². The Morgan fingerprint density at radius 1 is 0.963 bits per heavy atom. The molecule has 0 N–H and O–H groups in total. The number of aromatic nitrogens is 2. The molecule has 0 amide bonds. The lowest BCUT2D eigenvalue weighted by atomic mass is 10.1. The van der Waals surface area contributed by atoms with Gasteiger partial charge in [-0.05, 0) is 37.3 Å². The van der Waals surface area contributed by atoms with E-state index < -0.39 is 0 Å². The normalized spacial score (nSPS) is 11.0. The standard InChI is InChI=1S/C20H18N2O5/c1-11-14-10-12(23-2)8-9-15(14)26-17(11)19-21-20(27-22-19)13-6-5-7-16(24-3)18(13)25-4/h5-10H,1-4H3. The zero-order chi connectivity index (χ0) is 19.0. The lowest BCUT2D eigenvalue weighted by Gasteiger charge is -2.09. The molecule has 0 unspecified atom stereocenters. The highest BCUT2D eigenvalue weighted by Crippen LogP contribution is 2.39. The molecule has 0 fully saturated rings. The fourth-order valence-electron chi connectivity index (χ4n) is 3.02. The molecule has 2 aromatic carbocycles. The van der Waals surface area contributed by atoms with Crippen molar-refractivity contribution in [3.63, 3.8) is 0 Å². The van der Waals surface area contributed by atoms with Crippen molar-refractivity contribution in [3.8, 4) is 40.3 Å². The quantitative estimate of drug-likeness (QED) is 0.515. The highest BCUT2D eigenvalue weighted by molar-refractivity contribution is 5.87. The monoisotopic (exact) mass is 366 g/mol. The molecule has 0 aliphatic carbocycles. The Kier molecular flexibility index (Phi) is 4.19. The van der Waals surface area contributed by atoms with Crippen LogP contribution in [0.4, 0.5) is 0 Å². The van der Waals surface area contributed by atoms with Gasteiger partial charge < -0.3 is 23.2 Å². The second-order valence-corrected chi connectivity index (χ2v) is 5.88. The number of aryl methyl sites for hydroxylation is 1. The predicted molar refractivity (Wildman–Crippen MR) is 99.3 cm³/mol. The third kappa shape index (κ3) is 2.77. The third-order valence-corrected chi connectivity index (χ3v) is 4.41. The molecule has 0 saturated carbocycles. The van der Waals surface area contributed by atoms with Gasteiger partial charge in [0.25, 0.3) is 5.89 Å². The molecule has 0 spiro atoms. The van der Waals surface area contributed by atoms with Crippen LogP contribution in [0.25, 0.3) is 34.0 Å². The molecular formula is C20H18N2O5. The molecule has 0 saturated heterocycles. The number of rotatable bonds is 5. The zero-order valence-corrected chi connectivity index (χ0v) is 15.4. The van der Waals surface area contributed by atoms with Crippen LogP contribution in [0.1, 0.15) is 5.56 Å². The molecule has 0 bridgehead atoms. The van der Waals surface area contributed by atoms with Crippen molar-refractivity contribution in [2.45, 2.75) is 6.92 Å². The van der Waals surface area contributed by atoms with Crippen molar-refractivity contribution >= 4 is 11.0 Å². The lowest BCUT2D eigenvalue weighted by Crippen LogP contribution is -1.93. The summed E-state index contributed by atoms with van der Waals surface area (Å²) in [7, 11) is 4.77. The smallest absolute Gasteiger partial charge is 0.262 e. The number of ether oxygens (including phenoxy) is 3. The number of hydrogen-bond donors (Lipinski definition) is 0. The predicted octanol–water partition coefficient (Wildman–Crippen LogP) is 4.48. The fraction of sp³-hybridized carbons (Fsp3) is 0.200. The van der Waals surface area contributed by atoms with Gasteiger partial charge in [0, 0.05) is 10.9 Å². The van der Waals surface area contributed by atoms with Crippen LogP contribution in [0.5, 0.6) is 17.2 Å². The van der Waals surface area contributed by atoms with Crippen molar-refractivity contribution < 1.29 is 23.2 Å². The molecule has 138 valence electrons. The van der Waals surface area contributed by atoms with Crippen LogP contribution in [-0.2, 0) is 0 Å². The van der Waals surface area contributed by atoms with Gasteiger partial charge in [-0.2, -0.15) is 4.98 Å². The molecule has 0 radical (unpaired) electrons. The van der Waals surface area contributed by atoms with E-state index in [1.807, 2.05) is 37.3 Å². The first-order chi connectivity index (χ1) is 13.2. The molecule has 27 heavy (non-hydrogen) atoms. The zero-order valence-electron chi connectivity index (χ0n) is 15.4. The first-order valence-corrected chi connectivity index (χ1v) is 8.28. The van der Waals surface area contributed by atoms with E-state index in [0.717, 1.165) is 22.3 Å². The van der Waals surface area contributed by atoms with Gasteiger partial charge in [0.05, 0.1) is 26.9 Å². The number of methoxy groups -OCH3 is 3. The van der Waals surface area contributed by atoms with E-state index in [9.17, 15) is 0 Å². The Morgan fingerprint density at radius 3 is 2.56 bits per heavy atom. The fourth-order valence-corrected chi connectivity index (χ4v) is 3.02. The molecule has 2 heterocycles. The number of furan rings is 1. The summed E-state index contributed by atoms with van der Waals surface area (Å²) in [4.78, 5) is 4.50. The van der Waals surface area contributed by atoms with Crippen LogP contribution in [0, 0.1) is 6.92 Å². The van der Waals surface area contributed by atoms with Gasteiger partial charge in [-0.15, -0.1) is 0 Å². The van der Waals surface area contributed by atoms with Crippen molar-refractivity contribution in [1.29, 1.82) is 0 Å². The summed E-state index contributed by atoms with van der Waals surface area (Å²) in [6, 6.07) is 11.1. The van der Waals surface area contributed by atoms with E-state index in [0.29, 0.717) is 34.5 Å². The summed E-state index contributed by atoms with van der Waals surface area (Å²) in [6.45, 7) is 1.95. The second kappa shape index (κ2) is 6.68. The van der Waals surface area contributed by atoms with E-state index in [-0.39, 0.29) is 0 Å². The molecule has 4 rings (SSSR count). The van der Waals surface area contributed by atoms with Gasteiger partial charge in [0.1, 0.15) is 11.3 Å². The van der Waals surface area contributed by atoms with E-state index in [4.69, 9.17) is 23.2 Å². The molecule has 2 aromatic heterocycles. The van der Waals surface area contributed by atoms with Crippen molar-refractivity contribution in [2.24, 2.45) is 0 Å².